The van der Waals surface area contributed by atoms with Crippen molar-refractivity contribution in [2.45, 2.75) is 11.7 Å². The van der Waals surface area contributed by atoms with Gasteiger partial charge in [0.05, 0.1) is 0 Å². The summed E-state index contributed by atoms with van der Waals surface area (Å²) in [4.78, 5) is 0. The van der Waals surface area contributed by atoms with Crippen molar-refractivity contribution in [1.82, 2.24) is 0 Å². The smallest absolute Gasteiger partial charge is 0.272 e. The summed E-state index contributed by atoms with van der Waals surface area (Å²) in [5.41, 5.74) is -0.394. The number of rotatable bonds is 1. The van der Waals surface area contributed by atoms with Crippen LogP contribution in [0.5, 0.6) is 0 Å². The van der Waals surface area contributed by atoms with E-state index in [1.165, 1.54) is 0 Å². The molecule has 0 aromatic heterocycles. The van der Waals surface area contributed by atoms with Crippen molar-refractivity contribution in [3.63, 3.8) is 0 Å². The van der Waals surface area contributed by atoms with Gasteiger partial charge in [0, 0.05) is 0 Å². The van der Waals surface area contributed by atoms with Crippen molar-refractivity contribution in [3.8, 4) is 12.1 Å². The van der Waals surface area contributed by atoms with Crippen LogP contribution < -0.4 is 0 Å². The van der Waals surface area contributed by atoms with Gasteiger partial charge in [-0.2, -0.15) is 10.5 Å². The maximum absolute atomic E-state index is 8.90. The van der Waals surface area contributed by atoms with Crippen LogP contribution in [0.2, 0.25) is 0 Å². The van der Waals surface area contributed by atoms with E-state index in [2.05, 4.69) is 0 Å². The van der Waals surface area contributed by atoms with Gasteiger partial charge in [0.2, 0.25) is 0 Å². The molecule has 3 rings (SSSR count). The summed E-state index contributed by atoms with van der Waals surface area (Å²) in [6.45, 7) is 0. The lowest BCUT2D eigenvalue weighted by atomic mass is 9.99. The van der Waals surface area contributed by atoms with Crippen LogP contribution in [0.4, 0.5) is 0 Å². The van der Waals surface area contributed by atoms with E-state index in [-0.39, 0.29) is 0 Å². The molecule has 0 N–H and O–H groups in total. The number of hydrogen-bond acceptors (Lipinski definition) is 3. The zero-order chi connectivity index (χ0) is 11.9. The summed E-state index contributed by atoms with van der Waals surface area (Å²) in [5.74, 6) is 0. The van der Waals surface area contributed by atoms with Crippen LogP contribution in [0.3, 0.4) is 0 Å². The first-order chi connectivity index (χ1) is 8.29. The average Bonchev–Trinajstić information content (AvgIpc) is 3.13. The molecule has 80 valence electrons. The van der Waals surface area contributed by atoms with Gasteiger partial charge in [0.1, 0.15) is 18.2 Å². The van der Waals surface area contributed by atoms with Gasteiger partial charge < -0.3 is 4.74 Å². The molecule has 1 unspecified atom stereocenters. The molecule has 1 fully saturated rings. The summed E-state index contributed by atoms with van der Waals surface area (Å²) >= 11 is 0. The first-order valence-electron chi connectivity index (χ1n) is 5.28. The van der Waals surface area contributed by atoms with E-state index in [0.29, 0.717) is 0 Å². The van der Waals surface area contributed by atoms with Crippen LogP contribution in [-0.4, -0.2) is 5.60 Å². The summed E-state index contributed by atoms with van der Waals surface area (Å²) in [6, 6.07) is 17.6. The van der Waals surface area contributed by atoms with E-state index in [1.54, 1.807) is 0 Å². The van der Waals surface area contributed by atoms with Crippen LogP contribution in [0.1, 0.15) is 11.7 Å². The van der Waals surface area contributed by atoms with E-state index in [0.717, 1.165) is 16.3 Å². The van der Waals surface area contributed by atoms with Gasteiger partial charge >= 0.3 is 0 Å². The minimum absolute atomic E-state index is 0.415. The summed E-state index contributed by atoms with van der Waals surface area (Å²) in [5, 5.41) is 20.0. The van der Waals surface area contributed by atoms with Crippen LogP contribution in [-0.2, 0) is 4.74 Å². The van der Waals surface area contributed by atoms with Gasteiger partial charge in [-0.25, -0.2) is 0 Å². The lowest BCUT2D eigenvalue weighted by molar-refractivity contribution is 0.369. The van der Waals surface area contributed by atoms with Gasteiger partial charge in [-0.1, -0.05) is 36.4 Å². The fourth-order valence-electron chi connectivity index (χ4n) is 2.02. The monoisotopic (exact) mass is 220 g/mol. The standard InChI is InChI=1S/C14H8N2O/c15-8-14(9-16)13(17-14)12-6-5-10-3-1-2-4-11(10)7-12/h1-7,13H. The van der Waals surface area contributed by atoms with Gasteiger partial charge in [-0.3, -0.25) is 0 Å². The highest BCUT2D eigenvalue weighted by Gasteiger charge is 2.59. The predicted octanol–water partition coefficient (Wildman–Crippen LogP) is 2.70. The molecule has 1 atom stereocenters. The largest absolute Gasteiger partial charge is 0.332 e. The molecule has 2 aromatic rings. The Morgan fingerprint density at radius 3 is 2.35 bits per heavy atom. The van der Waals surface area contributed by atoms with E-state index in [9.17, 15) is 0 Å². The molecule has 0 saturated carbocycles. The molecule has 0 bridgehead atoms. The number of nitriles is 2. The molecule has 17 heavy (non-hydrogen) atoms. The summed E-state index contributed by atoms with van der Waals surface area (Å²) < 4.78 is 5.22. The predicted molar refractivity (Wildman–Crippen MR) is 61.7 cm³/mol. The fraction of sp³-hybridized carbons (Fsp3) is 0.143. The number of epoxide rings is 1. The maximum Gasteiger partial charge on any atom is 0.272 e. The first kappa shape index (κ1) is 9.84. The third-order valence-corrected chi connectivity index (χ3v) is 3.02. The van der Waals surface area contributed by atoms with Crippen molar-refractivity contribution >= 4 is 10.8 Å². The molecule has 0 amide bonds. The Balaban J connectivity index is 2.05. The van der Waals surface area contributed by atoms with E-state index in [1.807, 2.05) is 54.6 Å². The number of nitrogens with zero attached hydrogens (tertiary/aromatic N) is 2. The van der Waals surface area contributed by atoms with Crippen molar-refractivity contribution in [3.05, 3.63) is 48.0 Å². The second kappa shape index (κ2) is 3.31. The lowest BCUT2D eigenvalue weighted by Gasteiger charge is -2.00. The number of hydrogen-bond donors (Lipinski definition) is 0. The molecule has 3 heteroatoms. The summed E-state index contributed by atoms with van der Waals surface area (Å²) in [6.07, 6.45) is -0.415. The van der Waals surface area contributed by atoms with E-state index < -0.39 is 11.7 Å². The molecule has 3 nitrogen and oxygen atoms in total. The highest BCUT2D eigenvalue weighted by Crippen LogP contribution is 2.49. The van der Waals surface area contributed by atoms with E-state index >= 15 is 0 Å². The van der Waals surface area contributed by atoms with E-state index in [4.69, 9.17) is 15.3 Å². The molecule has 1 heterocycles. The summed E-state index contributed by atoms with van der Waals surface area (Å²) in [7, 11) is 0. The first-order valence-corrected chi connectivity index (χ1v) is 5.28. The average molecular weight is 220 g/mol. The second-order valence-corrected chi connectivity index (χ2v) is 4.06. The molecular formula is C14H8N2O. The van der Waals surface area contributed by atoms with Crippen LogP contribution >= 0.6 is 0 Å². The number of benzene rings is 2. The van der Waals surface area contributed by atoms with Gasteiger partial charge in [-0.05, 0) is 22.4 Å². The Hall–Kier alpha value is -2.36. The molecule has 1 saturated heterocycles. The van der Waals surface area contributed by atoms with Crippen LogP contribution in [0.15, 0.2) is 42.5 Å². The lowest BCUT2D eigenvalue weighted by Crippen LogP contribution is -2.04. The van der Waals surface area contributed by atoms with Crippen LogP contribution in [0, 0.1) is 22.7 Å². The maximum atomic E-state index is 8.90. The van der Waals surface area contributed by atoms with Crippen molar-refractivity contribution in [1.29, 1.82) is 10.5 Å². The SMILES string of the molecule is N#CC1(C#N)OC1c1ccc2ccccc2c1. The quantitative estimate of drug-likeness (QED) is 0.694. The number of ether oxygens (including phenoxy) is 1. The second-order valence-electron chi connectivity index (χ2n) is 4.06. The Labute approximate surface area is 98.5 Å². The Bertz CT molecular complexity index is 664. The number of fused-ring (bicyclic) bond motifs is 1. The minimum Gasteiger partial charge on any atom is -0.332 e. The molecule has 0 radical (unpaired) electrons. The zero-order valence-corrected chi connectivity index (χ0v) is 8.92. The van der Waals surface area contributed by atoms with Crippen molar-refractivity contribution < 1.29 is 4.74 Å². The van der Waals surface area contributed by atoms with Crippen LogP contribution in [0.25, 0.3) is 10.8 Å². The Morgan fingerprint density at radius 1 is 1.00 bits per heavy atom. The van der Waals surface area contributed by atoms with Gasteiger partial charge in [0.25, 0.3) is 5.60 Å². The highest BCUT2D eigenvalue weighted by molar-refractivity contribution is 5.83. The molecule has 1 aliphatic heterocycles. The molecule has 0 aliphatic carbocycles. The normalized spacial score (nSPS) is 20.5. The van der Waals surface area contributed by atoms with Gasteiger partial charge in [-0.15, -0.1) is 0 Å². The molecule has 1 aliphatic rings. The third-order valence-electron chi connectivity index (χ3n) is 3.02. The molecular weight excluding hydrogens is 212 g/mol. The Morgan fingerprint density at radius 2 is 1.71 bits per heavy atom. The highest BCUT2D eigenvalue weighted by atomic mass is 16.6. The van der Waals surface area contributed by atoms with Gasteiger partial charge in [0.15, 0.2) is 0 Å². The minimum atomic E-state index is -1.28. The molecule has 0 spiro atoms. The topological polar surface area (TPSA) is 60.1 Å². The zero-order valence-electron chi connectivity index (χ0n) is 8.92. The fourth-order valence-corrected chi connectivity index (χ4v) is 2.02. The van der Waals surface area contributed by atoms with Crippen molar-refractivity contribution in [2.75, 3.05) is 0 Å². The van der Waals surface area contributed by atoms with Crippen molar-refractivity contribution in [2.24, 2.45) is 0 Å². The Kier molecular flexibility index (Phi) is 1.92. The third kappa shape index (κ3) is 1.38. The molecule has 2 aromatic carbocycles.